The second-order valence-electron chi connectivity index (χ2n) is 13.0. The highest BCUT2D eigenvalue weighted by Crippen LogP contribution is 2.43. The van der Waals surface area contributed by atoms with Crippen LogP contribution < -0.4 is 16.0 Å². The molecule has 46 heavy (non-hydrogen) atoms. The summed E-state index contributed by atoms with van der Waals surface area (Å²) in [6, 6.07) is 11.2. The van der Waals surface area contributed by atoms with Crippen molar-refractivity contribution in [2.24, 2.45) is 17.8 Å². The Kier molecular flexibility index (Phi) is 11.1. The molecule has 0 spiro atoms. The van der Waals surface area contributed by atoms with Gasteiger partial charge in [-0.15, -0.1) is 0 Å². The predicted molar refractivity (Wildman–Crippen MR) is 175 cm³/mol. The minimum absolute atomic E-state index is 0.0454. The molecule has 0 radical (unpaired) electrons. The fourth-order valence-electron chi connectivity index (χ4n) is 7.45. The second kappa shape index (κ2) is 15.4. The van der Waals surface area contributed by atoms with Gasteiger partial charge < -0.3 is 21.1 Å². The standard InChI is InChI=1S/C36H46N4O6/c1-2-3-21-40-34(44)29-18-17-28(22-30(29)35(40)45)38-36(46)39-32(25-11-9-24(10-12-25)23-7-5-4-6-8-23)26-13-15-27(16-14-26)33(43)37-20-19-31(41)42/h13-18,22-25,32H,2-12,19-21H2,1H3,(H,37,43)(H,41,42)(H2,38,39,46). The van der Waals surface area contributed by atoms with Gasteiger partial charge in [-0.3, -0.25) is 24.1 Å². The van der Waals surface area contributed by atoms with Crippen molar-refractivity contribution in [1.82, 2.24) is 15.5 Å². The number of amides is 5. The van der Waals surface area contributed by atoms with Crippen molar-refractivity contribution in [3.63, 3.8) is 0 Å². The molecule has 1 aliphatic heterocycles. The molecule has 2 aromatic rings. The molecule has 5 rings (SSSR count). The van der Waals surface area contributed by atoms with Crippen molar-refractivity contribution in [3.8, 4) is 0 Å². The van der Waals surface area contributed by atoms with Gasteiger partial charge in [0.1, 0.15) is 0 Å². The maximum Gasteiger partial charge on any atom is 0.319 e. The van der Waals surface area contributed by atoms with Gasteiger partial charge in [-0.25, -0.2) is 4.79 Å². The molecule has 10 nitrogen and oxygen atoms in total. The highest BCUT2D eigenvalue weighted by atomic mass is 16.4. The van der Waals surface area contributed by atoms with E-state index in [1.54, 1.807) is 30.3 Å². The molecule has 0 bridgehead atoms. The number of carbonyl (C=O) groups excluding carboxylic acids is 4. The van der Waals surface area contributed by atoms with Crippen molar-refractivity contribution in [2.75, 3.05) is 18.4 Å². The Balaban J connectivity index is 1.28. The lowest BCUT2D eigenvalue weighted by atomic mass is 9.69. The van der Waals surface area contributed by atoms with Gasteiger partial charge in [0, 0.05) is 24.3 Å². The lowest BCUT2D eigenvalue weighted by Gasteiger charge is -2.38. The summed E-state index contributed by atoms with van der Waals surface area (Å²) in [6.07, 6.45) is 12.3. The molecular weight excluding hydrogens is 584 g/mol. The molecule has 0 aromatic heterocycles. The molecule has 4 N–H and O–H groups in total. The zero-order valence-corrected chi connectivity index (χ0v) is 26.7. The monoisotopic (exact) mass is 630 g/mol. The molecule has 1 heterocycles. The van der Waals surface area contributed by atoms with E-state index < -0.39 is 12.0 Å². The van der Waals surface area contributed by atoms with Crippen LogP contribution in [0.2, 0.25) is 0 Å². The molecule has 2 fully saturated rings. The fraction of sp³-hybridized carbons (Fsp3) is 0.528. The number of imide groups is 1. The number of anilines is 1. The van der Waals surface area contributed by atoms with Gasteiger partial charge in [-0.05, 0) is 85.8 Å². The molecule has 5 amide bonds. The molecule has 10 heteroatoms. The highest BCUT2D eigenvalue weighted by molar-refractivity contribution is 6.21. The SMILES string of the molecule is CCCCN1C(=O)c2ccc(NC(=O)NC(c3ccc(C(=O)NCCC(=O)O)cc3)C3CCC(C4CCCCC4)CC3)cc2C1=O. The van der Waals surface area contributed by atoms with E-state index in [4.69, 9.17) is 5.11 Å². The van der Waals surface area contributed by atoms with Crippen LogP contribution in [-0.4, -0.2) is 52.8 Å². The zero-order chi connectivity index (χ0) is 32.6. The summed E-state index contributed by atoms with van der Waals surface area (Å²) in [7, 11) is 0. The Bertz CT molecular complexity index is 1430. The van der Waals surface area contributed by atoms with E-state index in [0.29, 0.717) is 28.9 Å². The maximum absolute atomic E-state index is 13.5. The van der Waals surface area contributed by atoms with Crippen molar-refractivity contribution in [2.45, 2.75) is 90.0 Å². The molecule has 2 aliphatic carbocycles. The first-order chi connectivity index (χ1) is 22.2. The average molecular weight is 631 g/mol. The number of nitrogens with zero attached hydrogens (tertiary/aromatic N) is 1. The van der Waals surface area contributed by atoms with Crippen LogP contribution in [0.5, 0.6) is 0 Å². The van der Waals surface area contributed by atoms with Gasteiger partial charge >= 0.3 is 12.0 Å². The Labute approximate surface area is 270 Å². The average Bonchev–Trinajstić information content (AvgIpc) is 3.30. The van der Waals surface area contributed by atoms with Gasteiger partial charge in [-0.2, -0.15) is 0 Å². The van der Waals surface area contributed by atoms with Crippen molar-refractivity contribution in [3.05, 3.63) is 64.7 Å². The molecule has 2 aromatic carbocycles. The van der Waals surface area contributed by atoms with Gasteiger partial charge in [0.15, 0.2) is 0 Å². The number of rotatable bonds is 12. The summed E-state index contributed by atoms with van der Waals surface area (Å²) in [5, 5.41) is 17.6. The largest absolute Gasteiger partial charge is 0.481 e. The Morgan fingerprint density at radius 1 is 0.870 bits per heavy atom. The second-order valence-corrected chi connectivity index (χ2v) is 13.0. The topological polar surface area (TPSA) is 145 Å². The fourth-order valence-corrected chi connectivity index (χ4v) is 7.45. The number of carboxylic acids is 1. The first-order valence-electron chi connectivity index (χ1n) is 16.9. The van der Waals surface area contributed by atoms with E-state index in [9.17, 15) is 24.0 Å². The van der Waals surface area contributed by atoms with Crippen LogP contribution >= 0.6 is 0 Å². The number of hydrogen-bond acceptors (Lipinski definition) is 5. The number of nitrogens with one attached hydrogen (secondary N) is 3. The van der Waals surface area contributed by atoms with E-state index in [1.165, 1.54) is 37.0 Å². The third-order valence-corrected chi connectivity index (χ3v) is 10.0. The van der Waals surface area contributed by atoms with Crippen molar-refractivity contribution < 1.29 is 29.1 Å². The highest BCUT2D eigenvalue weighted by Gasteiger charge is 2.36. The lowest BCUT2D eigenvalue weighted by molar-refractivity contribution is -0.136. The molecule has 1 unspecified atom stereocenters. The van der Waals surface area contributed by atoms with Crippen LogP contribution in [0.1, 0.15) is 127 Å². The van der Waals surface area contributed by atoms with Crippen LogP contribution in [0.15, 0.2) is 42.5 Å². The summed E-state index contributed by atoms with van der Waals surface area (Å²) in [4.78, 5) is 63.8. The number of hydrogen-bond donors (Lipinski definition) is 4. The van der Waals surface area contributed by atoms with Crippen LogP contribution in [0.3, 0.4) is 0 Å². The van der Waals surface area contributed by atoms with E-state index in [0.717, 1.165) is 55.9 Å². The molecule has 3 aliphatic rings. The van der Waals surface area contributed by atoms with Crippen LogP contribution in [-0.2, 0) is 4.79 Å². The number of unbranched alkanes of at least 4 members (excludes halogenated alkanes) is 1. The van der Waals surface area contributed by atoms with E-state index in [2.05, 4.69) is 16.0 Å². The number of fused-ring (bicyclic) bond motifs is 1. The third-order valence-electron chi connectivity index (χ3n) is 10.0. The Hall–Kier alpha value is -4.21. The smallest absolute Gasteiger partial charge is 0.319 e. The van der Waals surface area contributed by atoms with Gasteiger partial charge in [0.25, 0.3) is 17.7 Å². The van der Waals surface area contributed by atoms with Crippen LogP contribution in [0.4, 0.5) is 10.5 Å². The van der Waals surface area contributed by atoms with Gasteiger partial charge in [-0.1, -0.05) is 57.6 Å². The first-order valence-corrected chi connectivity index (χ1v) is 16.9. The molecular formula is C36H46N4O6. The first kappa shape index (κ1) is 33.2. The number of urea groups is 1. The maximum atomic E-state index is 13.5. The minimum atomic E-state index is -0.977. The summed E-state index contributed by atoms with van der Waals surface area (Å²) in [5.74, 6) is -0.213. The summed E-state index contributed by atoms with van der Waals surface area (Å²) >= 11 is 0. The Morgan fingerprint density at radius 3 is 2.22 bits per heavy atom. The predicted octanol–water partition coefficient (Wildman–Crippen LogP) is 6.54. The number of carboxylic acid groups (broad SMARTS) is 1. The summed E-state index contributed by atoms with van der Waals surface area (Å²) < 4.78 is 0. The zero-order valence-electron chi connectivity index (χ0n) is 26.7. The van der Waals surface area contributed by atoms with E-state index in [1.807, 2.05) is 19.1 Å². The quantitative estimate of drug-likeness (QED) is 0.196. The molecule has 0 saturated heterocycles. The minimum Gasteiger partial charge on any atom is -0.481 e. The lowest BCUT2D eigenvalue weighted by Crippen LogP contribution is -2.38. The molecule has 2 saturated carbocycles. The van der Waals surface area contributed by atoms with Crippen molar-refractivity contribution in [1.29, 1.82) is 0 Å². The normalized spacial score (nSPS) is 20.6. The summed E-state index contributed by atoms with van der Waals surface area (Å²) in [5.41, 5.74) is 2.40. The van der Waals surface area contributed by atoms with Crippen molar-refractivity contribution >= 4 is 35.4 Å². The van der Waals surface area contributed by atoms with E-state index >= 15 is 0 Å². The molecule has 1 atom stereocenters. The molecule has 246 valence electrons. The number of benzene rings is 2. The Morgan fingerprint density at radius 2 is 1.54 bits per heavy atom. The summed E-state index contributed by atoms with van der Waals surface area (Å²) in [6.45, 7) is 2.42. The van der Waals surface area contributed by atoms with Gasteiger partial charge in [0.2, 0.25) is 0 Å². The third kappa shape index (κ3) is 7.95. The van der Waals surface area contributed by atoms with Crippen LogP contribution in [0, 0.1) is 17.8 Å². The van der Waals surface area contributed by atoms with E-state index in [-0.39, 0.29) is 42.6 Å². The van der Waals surface area contributed by atoms with Gasteiger partial charge in [0.05, 0.1) is 23.6 Å². The number of carbonyl (C=O) groups is 5. The number of aliphatic carboxylic acids is 1. The van der Waals surface area contributed by atoms with Crippen LogP contribution in [0.25, 0.3) is 0 Å².